The Hall–Kier alpha value is -3.52. The number of nitrogens with one attached hydrogen (secondary N) is 1. The summed E-state index contributed by atoms with van der Waals surface area (Å²) < 4.78 is 73.4. The summed E-state index contributed by atoms with van der Waals surface area (Å²) in [6.45, 7) is 0.247. The fraction of sp³-hybridized carbons (Fsp3) is 0.333. The molecule has 3 aromatic rings. The maximum atomic E-state index is 14.5. The highest BCUT2D eigenvalue weighted by Gasteiger charge is 2.57. The minimum absolute atomic E-state index is 0.0115. The molecule has 2 aromatic carbocycles. The van der Waals surface area contributed by atoms with Gasteiger partial charge in [-0.25, -0.2) is 9.37 Å². The molecule has 0 radical (unpaired) electrons. The number of aliphatic hydroxyl groups is 2. The highest BCUT2D eigenvalue weighted by molar-refractivity contribution is 7.80. The van der Waals surface area contributed by atoms with Gasteiger partial charge in [0, 0.05) is 16.7 Å². The fourth-order valence-corrected chi connectivity index (χ4v) is 4.35. The van der Waals surface area contributed by atoms with Crippen LogP contribution in [-0.2, 0) is 11.1 Å². The Bertz CT molecular complexity index is 1400. The van der Waals surface area contributed by atoms with Gasteiger partial charge in [-0.15, -0.1) is 0 Å². The van der Waals surface area contributed by atoms with Crippen LogP contribution in [0.25, 0.3) is 11.3 Å². The quantitative estimate of drug-likeness (QED) is 0.222. The molecular weight excluding hydrogens is 554 g/mol. The van der Waals surface area contributed by atoms with Gasteiger partial charge in [-0.2, -0.15) is 13.2 Å². The van der Waals surface area contributed by atoms with E-state index in [1.807, 2.05) is 0 Å². The van der Waals surface area contributed by atoms with Gasteiger partial charge in [0.2, 0.25) is 5.60 Å². The molecule has 0 aliphatic carbocycles. The van der Waals surface area contributed by atoms with Gasteiger partial charge in [0.25, 0.3) is 0 Å². The molecule has 8 nitrogen and oxygen atoms in total. The second kappa shape index (κ2) is 11.2. The Morgan fingerprint density at radius 3 is 2.50 bits per heavy atom. The number of halogens is 4. The highest BCUT2D eigenvalue weighted by Crippen LogP contribution is 2.46. The zero-order chi connectivity index (χ0) is 29.3. The van der Waals surface area contributed by atoms with E-state index in [0.717, 1.165) is 18.2 Å². The lowest BCUT2D eigenvalue weighted by atomic mass is 9.89. The summed E-state index contributed by atoms with van der Waals surface area (Å²) in [6.07, 6.45) is -5.19. The third kappa shape index (κ3) is 5.68. The molecule has 1 aromatic heterocycles. The molecule has 1 aliphatic heterocycles. The molecule has 5 N–H and O–H groups in total. The average Bonchev–Trinajstić information content (AvgIpc) is 3.23. The van der Waals surface area contributed by atoms with Gasteiger partial charge < -0.3 is 35.5 Å². The number of hydrogen-bond donors (Lipinski definition) is 4. The van der Waals surface area contributed by atoms with Crippen molar-refractivity contribution in [2.45, 2.75) is 24.2 Å². The number of rotatable bonds is 9. The van der Waals surface area contributed by atoms with Crippen molar-refractivity contribution in [3.63, 3.8) is 0 Å². The molecule has 0 saturated heterocycles. The molecule has 13 heteroatoms. The molecule has 2 unspecified atom stereocenters. The molecule has 0 saturated carbocycles. The van der Waals surface area contributed by atoms with Crippen LogP contribution in [0.5, 0.6) is 17.2 Å². The second-order valence-corrected chi connectivity index (χ2v) is 9.83. The van der Waals surface area contributed by atoms with Crippen molar-refractivity contribution in [3.8, 4) is 28.5 Å². The highest BCUT2D eigenvalue weighted by atomic mass is 32.1. The summed E-state index contributed by atoms with van der Waals surface area (Å²) in [5.74, 6) is 0.157. The molecule has 0 amide bonds. The van der Waals surface area contributed by atoms with E-state index in [1.54, 1.807) is 6.92 Å². The third-order valence-electron chi connectivity index (χ3n) is 6.39. The number of thiocarbonyl (C=S) groups is 1. The lowest BCUT2D eigenvalue weighted by Gasteiger charge is -2.32. The number of pyridine rings is 1. The molecule has 1 aliphatic rings. The van der Waals surface area contributed by atoms with Gasteiger partial charge in [0.05, 0.1) is 31.5 Å². The van der Waals surface area contributed by atoms with Gasteiger partial charge in [-0.1, -0.05) is 12.2 Å². The van der Waals surface area contributed by atoms with Crippen LogP contribution in [-0.4, -0.2) is 59.8 Å². The van der Waals surface area contributed by atoms with E-state index in [9.17, 15) is 22.7 Å². The van der Waals surface area contributed by atoms with Gasteiger partial charge in [-0.05, 0) is 55.5 Å². The summed E-state index contributed by atoms with van der Waals surface area (Å²) in [4.78, 5) is 4.04. The number of aliphatic hydroxyl groups excluding tert-OH is 1. The first-order valence-electron chi connectivity index (χ1n) is 12.0. The van der Waals surface area contributed by atoms with Crippen LogP contribution in [0.15, 0.2) is 48.5 Å². The average molecular weight is 582 g/mol. The number of nitrogens with two attached hydrogens (primary N) is 1. The van der Waals surface area contributed by atoms with E-state index in [2.05, 4.69) is 10.3 Å². The second-order valence-electron chi connectivity index (χ2n) is 9.42. The zero-order valence-corrected chi connectivity index (χ0v) is 22.3. The van der Waals surface area contributed by atoms with Gasteiger partial charge in [-0.3, -0.25) is 0 Å². The third-order valence-corrected chi connectivity index (χ3v) is 6.77. The fourth-order valence-electron chi connectivity index (χ4n) is 4.15. The Balaban J connectivity index is 1.71. The van der Waals surface area contributed by atoms with Crippen LogP contribution in [0.1, 0.15) is 23.7 Å². The summed E-state index contributed by atoms with van der Waals surface area (Å²) in [6, 6.07) is 10.5. The number of fused-ring (bicyclic) bond motifs is 1. The zero-order valence-electron chi connectivity index (χ0n) is 21.5. The normalized spacial score (nSPS) is 17.9. The van der Waals surface area contributed by atoms with Crippen LogP contribution in [0.4, 0.5) is 17.6 Å². The molecule has 40 heavy (non-hydrogen) atoms. The van der Waals surface area contributed by atoms with Crippen molar-refractivity contribution in [1.29, 1.82) is 0 Å². The van der Waals surface area contributed by atoms with E-state index in [-0.39, 0.29) is 53.1 Å². The van der Waals surface area contributed by atoms with Crippen LogP contribution in [0.3, 0.4) is 0 Å². The first kappa shape index (κ1) is 29.5. The number of hydrogen-bond acceptors (Lipinski definition) is 8. The smallest absolute Gasteiger partial charge is 0.424 e. The largest absolute Gasteiger partial charge is 0.493 e. The molecule has 2 atom stereocenters. The maximum absolute atomic E-state index is 14.5. The lowest BCUT2D eigenvalue weighted by Crippen LogP contribution is -2.51. The first-order valence-corrected chi connectivity index (χ1v) is 12.4. The van der Waals surface area contributed by atoms with Crippen molar-refractivity contribution in [1.82, 2.24) is 10.3 Å². The summed E-state index contributed by atoms with van der Waals surface area (Å²) in [7, 11) is 1.37. The molecule has 0 spiro atoms. The number of ether oxygens (including phenoxy) is 3. The molecule has 0 bridgehead atoms. The van der Waals surface area contributed by atoms with E-state index < -0.39 is 35.4 Å². The lowest BCUT2D eigenvalue weighted by molar-refractivity contribution is -0.264. The van der Waals surface area contributed by atoms with E-state index in [0.29, 0.717) is 11.3 Å². The Kier molecular flexibility index (Phi) is 8.22. The van der Waals surface area contributed by atoms with Gasteiger partial charge in [0.1, 0.15) is 29.7 Å². The molecule has 214 valence electrons. The van der Waals surface area contributed by atoms with Crippen molar-refractivity contribution in [2.24, 2.45) is 5.73 Å². The van der Waals surface area contributed by atoms with Crippen LogP contribution < -0.4 is 25.3 Å². The monoisotopic (exact) mass is 581 g/mol. The maximum Gasteiger partial charge on any atom is 0.424 e. The Morgan fingerprint density at radius 1 is 1.18 bits per heavy atom. The predicted molar refractivity (Wildman–Crippen MR) is 142 cm³/mol. The first-order chi connectivity index (χ1) is 18.8. The van der Waals surface area contributed by atoms with Crippen molar-refractivity contribution in [3.05, 3.63) is 71.2 Å². The number of aromatic nitrogens is 1. The number of benzene rings is 2. The molecule has 4 rings (SSSR count). The molecule has 2 heterocycles. The van der Waals surface area contributed by atoms with Crippen LogP contribution in [0, 0.1) is 5.82 Å². The predicted octanol–water partition coefficient (Wildman–Crippen LogP) is 3.55. The molecular formula is C27H27F4N3O5S. The minimum atomic E-state index is -5.19. The van der Waals surface area contributed by atoms with Crippen molar-refractivity contribution < 1.29 is 42.0 Å². The van der Waals surface area contributed by atoms with E-state index in [1.165, 1.54) is 37.4 Å². The van der Waals surface area contributed by atoms with Gasteiger partial charge in [0.15, 0.2) is 17.2 Å². The SMILES string of the molecule is COc1cc(C(=S)NCC(O)(c2cc3c(c(-c4ccc(F)cc4)n2)OCC3(C)N)C(F)(F)F)ccc1OCCO. The Morgan fingerprint density at radius 2 is 1.88 bits per heavy atom. The van der Waals surface area contributed by atoms with Crippen LogP contribution >= 0.6 is 12.2 Å². The number of nitrogens with zero attached hydrogens (tertiary/aromatic N) is 1. The van der Waals surface area contributed by atoms with Crippen molar-refractivity contribution in [2.75, 3.05) is 33.5 Å². The van der Waals surface area contributed by atoms with Gasteiger partial charge >= 0.3 is 6.18 Å². The van der Waals surface area contributed by atoms with Crippen molar-refractivity contribution >= 4 is 17.2 Å². The topological polar surface area (TPSA) is 119 Å². The summed E-state index contributed by atoms with van der Waals surface area (Å²) >= 11 is 5.31. The summed E-state index contributed by atoms with van der Waals surface area (Å²) in [5.41, 5.74) is 1.66. The number of alkyl halides is 3. The summed E-state index contributed by atoms with van der Waals surface area (Å²) in [5, 5.41) is 22.6. The van der Waals surface area contributed by atoms with E-state index in [4.69, 9.17) is 37.3 Å². The Labute approximate surface area is 232 Å². The minimum Gasteiger partial charge on any atom is -0.493 e. The standard InChI is InChI=1S/C27H27F4N3O5S/c1-25(32)14-39-23-18(25)12-21(34-22(23)15-3-6-17(28)7-4-15)26(36,27(29,30)31)13-33-24(40)16-5-8-19(38-10-9-35)20(11-16)37-2/h3-8,11-12,35-36H,9-10,13-14,32H2,1-2H3,(H,33,40). The van der Waals surface area contributed by atoms with Crippen LogP contribution in [0.2, 0.25) is 0 Å². The van der Waals surface area contributed by atoms with E-state index >= 15 is 0 Å². The molecule has 0 fully saturated rings. The number of methoxy groups -OCH3 is 1.